The Morgan fingerprint density at radius 1 is 1.27 bits per heavy atom. The molecule has 1 aromatic rings. The van der Waals surface area contributed by atoms with Gasteiger partial charge in [-0.2, -0.15) is 13.2 Å². The SMILES string of the molecule is O=C(CBr)Nc1ccc(C(F)(F)F)cc1. The fraction of sp³-hybridized carbons (Fsp3) is 0.222. The summed E-state index contributed by atoms with van der Waals surface area (Å²) in [7, 11) is 0. The molecule has 2 nitrogen and oxygen atoms in total. The molecule has 0 aromatic heterocycles. The topological polar surface area (TPSA) is 29.1 Å². The highest BCUT2D eigenvalue weighted by Gasteiger charge is 2.29. The fourth-order valence-electron chi connectivity index (χ4n) is 0.937. The van der Waals surface area contributed by atoms with E-state index < -0.39 is 11.7 Å². The zero-order chi connectivity index (χ0) is 11.5. The third-order valence-corrected chi connectivity index (χ3v) is 2.13. The summed E-state index contributed by atoms with van der Waals surface area (Å²) in [6.45, 7) is 0. The molecule has 82 valence electrons. The molecule has 0 saturated heterocycles. The Hall–Kier alpha value is -1.04. The van der Waals surface area contributed by atoms with Crippen molar-refractivity contribution in [3.63, 3.8) is 0 Å². The minimum Gasteiger partial charge on any atom is -0.325 e. The maximum absolute atomic E-state index is 12.2. The van der Waals surface area contributed by atoms with Gasteiger partial charge in [0.25, 0.3) is 0 Å². The van der Waals surface area contributed by atoms with E-state index in [1.807, 2.05) is 0 Å². The first-order valence-electron chi connectivity index (χ1n) is 3.96. The summed E-state index contributed by atoms with van der Waals surface area (Å²) in [4.78, 5) is 10.9. The first kappa shape index (κ1) is 12.0. The van der Waals surface area contributed by atoms with Gasteiger partial charge in [0, 0.05) is 5.69 Å². The number of amides is 1. The van der Waals surface area contributed by atoms with Crippen molar-refractivity contribution in [3.05, 3.63) is 29.8 Å². The number of benzene rings is 1. The Balaban J connectivity index is 2.77. The highest BCUT2D eigenvalue weighted by atomic mass is 79.9. The second-order valence-corrected chi connectivity index (χ2v) is 3.32. The molecule has 0 radical (unpaired) electrons. The molecule has 0 bridgehead atoms. The molecule has 1 N–H and O–H groups in total. The molecule has 1 rings (SSSR count). The lowest BCUT2D eigenvalue weighted by molar-refractivity contribution is -0.137. The van der Waals surface area contributed by atoms with Crippen LogP contribution < -0.4 is 5.32 Å². The van der Waals surface area contributed by atoms with E-state index >= 15 is 0 Å². The van der Waals surface area contributed by atoms with E-state index in [1.54, 1.807) is 0 Å². The molecule has 0 aliphatic heterocycles. The average molecular weight is 282 g/mol. The highest BCUT2D eigenvalue weighted by molar-refractivity contribution is 9.09. The van der Waals surface area contributed by atoms with E-state index in [4.69, 9.17) is 0 Å². The van der Waals surface area contributed by atoms with Gasteiger partial charge in [0.15, 0.2) is 0 Å². The molecule has 15 heavy (non-hydrogen) atoms. The number of alkyl halides is 4. The minimum atomic E-state index is -4.35. The third kappa shape index (κ3) is 3.54. The lowest BCUT2D eigenvalue weighted by Gasteiger charge is -2.07. The zero-order valence-corrected chi connectivity index (χ0v) is 9.02. The number of anilines is 1. The summed E-state index contributed by atoms with van der Waals surface area (Å²) in [5.74, 6) is -0.310. The normalized spacial score (nSPS) is 11.2. The first-order valence-corrected chi connectivity index (χ1v) is 5.08. The van der Waals surface area contributed by atoms with Gasteiger partial charge in [0.1, 0.15) is 0 Å². The Kier molecular flexibility index (Phi) is 3.73. The number of carbonyl (C=O) groups excluding carboxylic acids is 1. The van der Waals surface area contributed by atoms with Gasteiger partial charge in [-0.15, -0.1) is 0 Å². The Bertz CT molecular complexity index is 347. The van der Waals surface area contributed by atoms with Crippen molar-refractivity contribution < 1.29 is 18.0 Å². The van der Waals surface area contributed by atoms with E-state index in [0.29, 0.717) is 5.69 Å². The molecule has 6 heteroatoms. The second-order valence-electron chi connectivity index (χ2n) is 2.76. The average Bonchev–Trinajstić information content (AvgIpc) is 2.17. The summed E-state index contributed by atoms with van der Waals surface area (Å²) in [6.07, 6.45) is -4.35. The van der Waals surface area contributed by atoms with Gasteiger partial charge in [-0.1, -0.05) is 15.9 Å². The summed E-state index contributed by atoms with van der Waals surface area (Å²) < 4.78 is 36.5. The van der Waals surface area contributed by atoms with Crippen molar-refractivity contribution in [2.24, 2.45) is 0 Å². The van der Waals surface area contributed by atoms with E-state index in [9.17, 15) is 18.0 Å². The molecular weight excluding hydrogens is 275 g/mol. The van der Waals surface area contributed by atoms with Crippen LogP contribution in [0.3, 0.4) is 0 Å². The van der Waals surface area contributed by atoms with E-state index in [2.05, 4.69) is 21.2 Å². The van der Waals surface area contributed by atoms with Crippen LogP contribution in [0, 0.1) is 0 Å². The summed E-state index contributed by atoms with van der Waals surface area (Å²) in [5.41, 5.74) is -0.396. The highest BCUT2D eigenvalue weighted by Crippen LogP contribution is 2.29. The van der Waals surface area contributed by atoms with Crippen molar-refractivity contribution >= 4 is 27.5 Å². The predicted octanol–water partition coefficient (Wildman–Crippen LogP) is 3.04. The van der Waals surface area contributed by atoms with Crippen molar-refractivity contribution in [3.8, 4) is 0 Å². The van der Waals surface area contributed by atoms with E-state index in [0.717, 1.165) is 12.1 Å². The van der Waals surface area contributed by atoms with Crippen LogP contribution in [0.25, 0.3) is 0 Å². The smallest absolute Gasteiger partial charge is 0.325 e. The van der Waals surface area contributed by atoms with Gasteiger partial charge < -0.3 is 5.32 Å². The van der Waals surface area contributed by atoms with Gasteiger partial charge in [-0.05, 0) is 24.3 Å². The van der Waals surface area contributed by atoms with Gasteiger partial charge >= 0.3 is 6.18 Å². The van der Waals surface area contributed by atoms with Crippen molar-refractivity contribution in [2.45, 2.75) is 6.18 Å². The van der Waals surface area contributed by atoms with Gasteiger partial charge in [0.05, 0.1) is 10.9 Å². The molecule has 0 fully saturated rings. The third-order valence-electron chi connectivity index (χ3n) is 1.62. The molecule has 0 atom stereocenters. The van der Waals surface area contributed by atoms with Gasteiger partial charge in [-0.3, -0.25) is 4.79 Å². The van der Waals surface area contributed by atoms with E-state index in [1.165, 1.54) is 12.1 Å². The molecule has 0 aliphatic carbocycles. The van der Waals surface area contributed by atoms with Crippen molar-refractivity contribution in [1.82, 2.24) is 0 Å². The van der Waals surface area contributed by atoms with Crippen molar-refractivity contribution in [2.75, 3.05) is 10.6 Å². The number of halogens is 4. The number of hydrogen-bond donors (Lipinski definition) is 1. The first-order chi connectivity index (χ1) is 6.93. The van der Waals surface area contributed by atoms with Crippen LogP contribution in [0.1, 0.15) is 5.56 Å². The fourth-order valence-corrected chi connectivity index (χ4v) is 1.08. The molecule has 0 unspecified atom stereocenters. The zero-order valence-electron chi connectivity index (χ0n) is 7.44. The van der Waals surface area contributed by atoms with E-state index in [-0.39, 0.29) is 11.2 Å². The molecular formula is C9H7BrF3NO. The van der Waals surface area contributed by atoms with Crippen molar-refractivity contribution in [1.29, 1.82) is 0 Å². The van der Waals surface area contributed by atoms with Crippen LogP contribution in [-0.2, 0) is 11.0 Å². The lowest BCUT2D eigenvalue weighted by atomic mass is 10.2. The standard InChI is InChI=1S/C9H7BrF3NO/c10-5-8(15)14-7-3-1-6(2-4-7)9(11,12)13/h1-4H,5H2,(H,14,15). The van der Waals surface area contributed by atoms with Gasteiger partial charge in [-0.25, -0.2) is 0 Å². The summed E-state index contributed by atoms with van der Waals surface area (Å²) in [6, 6.07) is 4.26. The Labute approximate surface area is 92.6 Å². The minimum absolute atomic E-state index is 0.105. The largest absolute Gasteiger partial charge is 0.416 e. The molecule has 0 saturated carbocycles. The number of nitrogens with one attached hydrogen (secondary N) is 1. The number of hydrogen-bond acceptors (Lipinski definition) is 1. The maximum atomic E-state index is 12.2. The van der Waals surface area contributed by atoms with Crippen LogP contribution in [0.4, 0.5) is 18.9 Å². The summed E-state index contributed by atoms with van der Waals surface area (Å²) >= 11 is 2.93. The van der Waals surface area contributed by atoms with Crippen LogP contribution >= 0.6 is 15.9 Å². The maximum Gasteiger partial charge on any atom is 0.416 e. The number of rotatable bonds is 2. The quantitative estimate of drug-likeness (QED) is 0.830. The Morgan fingerprint density at radius 2 is 1.80 bits per heavy atom. The molecule has 0 aliphatic rings. The van der Waals surface area contributed by atoms with Crippen LogP contribution in [-0.4, -0.2) is 11.2 Å². The van der Waals surface area contributed by atoms with Gasteiger partial charge in [0.2, 0.25) is 5.91 Å². The van der Waals surface area contributed by atoms with Crippen LogP contribution in [0.2, 0.25) is 0 Å². The second kappa shape index (κ2) is 4.65. The van der Waals surface area contributed by atoms with Crippen LogP contribution in [0.15, 0.2) is 24.3 Å². The predicted molar refractivity (Wildman–Crippen MR) is 53.9 cm³/mol. The molecule has 0 spiro atoms. The Morgan fingerprint density at radius 3 is 2.20 bits per heavy atom. The number of carbonyl (C=O) groups is 1. The monoisotopic (exact) mass is 281 g/mol. The lowest BCUT2D eigenvalue weighted by Crippen LogP contribution is -2.12. The molecule has 1 amide bonds. The molecule has 1 aromatic carbocycles. The van der Waals surface area contributed by atoms with Crippen LogP contribution in [0.5, 0.6) is 0 Å². The summed E-state index contributed by atoms with van der Waals surface area (Å²) in [5, 5.41) is 2.52. The molecule has 0 heterocycles.